The second-order valence-electron chi connectivity index (χ2n) is 6.46. The second-order valence-corrected chi connectivity index (χ2v) is 6.46. The zero-order valence-electron chi connectivity index (χ0n) is 13.7. The van der Waals surface area contributed by atoms with Gasteiger partial charge in [-0.15, -0.1) is 0 Å². The van der Waals surface area contributed by atoms with Gasteiger partial charge in [0.15, 0.2) is 5.96 Å². The van der Waals surface area contributed by atoms with Crippen LogP contribution >= 0.6 is 0 Å². The van der Waals surface area contributed by atoms with Crippen molar-refractivity contribution in [1.29, 1.82) is 0 Å². The third kappa shape index (κ3) is 3.37. The molecule has 2 atom stereocenters. The van der Waals surface area contributed by atoms with E-state index in [0.717, 1.165) is 30.1 Å². The molecule has 0 amide bonds. The van der Waals surface area contributed by atoms with Crippen molar-refractivity contribution in [1.82, 2.24) is 10.2 Å². The molecular weight excluding hydrogens is 274 g/mol. The Labute approximate surface area is 133 Å². The van der Waals surface area contributed by atoms with Gasteiger partial charge in [-0.1, -0.05) is 25.0 Å². The molecule has 2 aliphatic rings. The van der Waals surface area contributed by atoms with Crippen molar-refractivity contribution in [2.24, 2.45) is 16.8 Å². The van der Waals surface area contributed by atoms with Gasteiger partial charge in [0.1, 0.15) is 5.75 Å². The number of nitrogens with zero attached hydrogens (tertiary/aromatic N) is 2. The number of nitrogens with one attached hydrogen (secondary N) is 1. The molecule has 1 aliphatic heterocycles. The SMILES string of the molecule is CN=C(NCc1cccc(OC)c1)N1CC2CCCCC2C1. The van der Waals surface area contributed by atoms with E-state index in [1.54, 1.807) is 7.11 Å². The van der Waals surface area contributed by atoms with Crippen LogP contribution < -0.4 is 10.1 Å². The van der Waals surface area contributed by atoms with Crippen LogP contribution in [0, 0.1) is 11.8 Å². The summed E-state index contributed by atoms with van der Waals surface area (Å²) in [4.78, 5) is 6.93. The number of ether oxygens (including phenoxy) is 1. The molecule has 120 valence electrons. The Morgan fingerprint density at radius 2 is 2.00 bits per heavy atom. The summed E-state index contributed by atoms with van der Waals surface area (Å²) in [7, 11) is 3.59. The summed E-state index contributed by atoms with van der Waals surface area (Å²) in [6.45, 7) is 3.13. The van der Waals surface area contributed by atoms with Crippen molar-refractivity contribution in [3.63, 3.8) is 0 Å². The average Bonchev–Trinajstić information content (AvgIpc) is 2.99. The Hall–Kier alpha value is -1.71. The van der Waals surface area contributed by atoms with Crippen molar-refractivity contribution in [3.05, 3.63) is 29.8 Å². The number of methoxy groups -OCH3 is 1. The topological polar surface area (TPSA) is 36.9 Å². The maximum Gasteiger partial charge on any atom is 0.193 e. The number of benzene rings is 1. The van der Waals surface area contributed by atoms with Crippen molar-refractivity contribution in [3.8, 4) is 5.75 Å². The van der Waals surface area contributed by atoms with E-state index in [2.05, 4.69) is 27.3 Å². The molecule has 0 spiro atoms. The van der Waals surface area contributed by atoms with E-state index >= 15 is 0 Å². The minimum Gasteiger partial charge on any atom is -0.497 e. The molecule has 1 aromatic rings. The predicted molar refractivity (Wildman–Crippen MR) is 90.2 cm³/mol. The predicted octanol–water partition coefficient (Wildman–Crippen LogP) is 2.89. The van der Waals surface area contributed by atoms with Gasteiger partial charge in [-0.05, 0) is 42.4 Å². The molecule has 1 saturated carbocycles. The van der Waals surface area contributed by atoms with Crippen molar-refractivity contribution in [2.75, 3.05) is 27.2 Å². The molecule has 3 rings (SSSR count). The first-order valence-electron chi connectivity index (χ1n) is 8.38. The first-order chi connectivity index (χ1) is 10.8. The van der Waals surface area contributed by atoms with Crippen LogP contribution in [0.3, 0.4) is 0 Å². The van der Waals surface area contributed by atoms with Gasteiger partial charge in [-0.25, -0.2) is 0 Å². The Bertz CT molecular complexity index is 515. The van der Waals surface area contributed by atoms with Crippen LogP contribution in [-0.2, 0) is 6.54 Å². The first-order valence-corrected chi connectivity index (χ1v) is 8.38. The fraction of sp³-hybridized carbons (Fsp3) is 0.611. The lowest BCUT2D eigenvalue weighted by atomic mass is 9.82. The molecule has 1 N–H and O–H groups in total. The maximum atomic E-state index is 5.28. The Morgan fingerprint density at radius 3 is 2.64 bits per heavy atom. The molecule has 4 heteroatoms. The Balaban J connectivity index is 1.58. The monoisotopic (exact) mass is 301 g/mol. The summed E-state index contributed by atoms with van der Waals surface area (Å²) in [6.07, 6.45) is 5.61. The molecule has 1 heterocycles. The van der Waals surface area contributed by atoms with E-state index in [1.165, 1.54) is 44.3 Å². The van der Waals surface area contributed by atoms with Gasteiger partial charge in [0.05, 0.1) is 7.11 Å². The largest absolute Gasteiger partial charge is 0.497 e. The first kappa shape index (κ1) is 15.2. The minimum absolute atomic E-state index is 0.787. The summed E-state index contributed by atoms with van der Waals surface area (Å²) in [6, 6.07) is 8.20. The summed E-state index contributed by atoms with van der Waals surface area (Å²) in [5.41, 5.74) is 1.22. The summed E-state index contributed by atoms with van der Waals surface area (Å²) >= 11 is 0. The molecule has 1 aromatic carbocycles. The molecule has 0 bridgehead atoms. The average molecular weight is 301 g/mol. The molecule has 1 saturated heterocycles. The lowest BCUT2D eigenvalue weighted by molar-refractivity contribution is 0.299. The highest BCUT2D eigenvalue weighted by Gasteiger charge is 2.35. The molecule has 0 radical (unpaired) electrons. The van der Waals surface area contributed by atoms with E-state index in [1.807, 2.05) is 19.2 Å². The Kier molecular flexibility index (Phi) is 4.86. The Morgan fingerprint density at radius 1 is 1.27 bits per heavy atom. The number of hydrogen-bond donors (Lipinski definition) is 1. The molecule has 0 aromatic heterocycles. The second kappa shape index (κ2) is 7.03. The van der Waals surface area contributed by atoms with Gasteiger partial charge >= 0.3 is 0 Å². The quantitative estimate of drug-likeness (QED) is 0.689. The lowest BCUT2D eigenvalue weighted by Crippen LogP contribution is -2.39. The van der Waals surface area contributed by atoms with E-state index in [-0.39, 0.29) is 0 Å². The number of likely N-dealkylation sites (tertiary alicyclic amines) is 1. The smallest absolute Gasteiger partial charge is 0.193 e. The number of rotatable bonds is 3. The van der Waals surface area contributed by atoms with Gasteiger partial charge in [0, 0.05) is 26.7 Å². The van der Waals surface area contributed by atoms with Gasteiger partial charge in [0.25, 0.3) is 0 Å². The van der Waals surface area contributed by atoms with Crippen LogP contribution in [0.15, 0.2) is 29.3 Å². The third-order valence-electron chi connectivity index (χ3n) is 5.07. The fourth-order valence-electron chi connectivity index (χ4n) is 3.87. The highest BCUT2D eigenvalue weighted by molar-refractivity contribution is 5.80. The molecule has 2 fully saturated rings. The zero-order valence-corrected chi connectivity index (χ0v) is 13.7. The van der Waals surface area contributed by atoms with Crippen LogP contribution in [0.4, 0.5) is 0 Å². The highest BCUT2D eigenvalue weighted by Crippen LogP contribution is 2.35. The van der Waals surface area contributed by atoms with E-state index in [4.69, 9.17) is 4.74 Å². The normalized spacial score (nSPS) is 25.0. The van der Waals surface area contributed by atoms with E-state index in [9.17, 15) is 0 Å². The van der Waals surface area contributed by atoms with Crippen LogP contribution in [0.25, 0.3) is 0 Å². The minimum atomic E-state index is 0.787. The fourth-order valence-corrected chi connectivity index (χ4v) is 3.87. The van der Waals surface area contributed by atoms with Crippen molar-refractivity contribution < 1.29 is 4.74 Å². The lowest BCUT2D eigenvalue weighted by Gasteiger charge is -2.22. The highest BCUT2D eigenvalue weighted by atomic mass is 16.5. The summed E-state index contributed by atoms with van der Waals surface area (Å²) in [5.74, 6) is 3.70. The van der Waals surface area contributed by atoms with Crippen LogP contribution in [0.5, 0.6) is 5.75 Å². The maximum absolute atomic E-state index is 5.28. The molecule has 1 aliphatic carbocycles. The molecule has 22 heavy (non-hydrogen) atoms. The number of hydrogen-bond acceptors (Lipinski definition) is 2. The molecule has 4 nitrogen and oxygen atoms in total. The van der Waals surface area contributed by atoms with Gasteiger partial charge in [0.2, 0.25) is 0 Å². The summed E-state index contributed by atoms with van der Waals surface area (Å²) in [5, 5.41) is 3.51. The standard InChI is InChI=1S/C18H27N3O/c1-19-18(20-11-14-6-5-9-17(10-14)22-2)21-12-15-7-3-4-8-16(15)13-21/h5-6,9-10,15-16H,3-4,7-8,11-13H2,1-2H3,(H,19,20). The van der Waals surface area contributed by atoms with Gasteiger partial charge in [-0.2, -0.15) is 0 Å². The van der Waals surface area contributed by atoms with Gasteiger partial charge < -0.3 is 15.0 Å². The number of fused-ring (bicyclic) bond motifs is 1. The molecular formula is C18H27N3O. The van der Waals surface area contributed by atoms with E-state index < -0.39 is 0 Å². The number of aliphatic imine (C=N–C) groups is 1. The van der Waals surface area contributed by atoms with Crippen molar-refractivity contribution >= 4 is 5.96 Å². The van der Waals surface area contributed by atoms with Crippen LogP contribution in [-0.4, -0.2) is 38.1 Å². The van der Waals surface area contributed by atoms with Crippen molar-refractivity contribution in [2.45, 2.75) is 32.2 Å². The molecule has 2 unspecified atom stereocenters. The van der Waals surface area contributed by atoms with Crippen LogP contribution in [0.1, 0.15) is 31.2 Å². The summed E-state index contributed by atoms with van der Waals surface area (Å²) < 4.78 is 5.28. The third-order valence-corrected chi connectivity index (χ3v) is 5.07. The van der Waals surface area contributed by atoms with E-state index in [0.29, 0.717) is 0 Å². The van der Waals surface area contributed by atoms with Gasteiger partial charge in [-0.3, -0.25) is 4.99 Å². The van der Waals surface area contributed by atoms with Crippen LogP contribution in [0.2, 0.25) is 0 Å². The zero-order chi connectivity index (χ0) is 15.4. The number of guanidine groups is 1.